The van der Waals surface area contributed by atoms with E-state index in [-0.39, 0.29) is 0 Å². The highest BCUT2D eigenvalue weighted by molar-refractivity contribution is 6.31. The zero-order valence-electron chi connectivity index (χ0n) is 12.8. The first-order valence-electron chi connectivity index (χ1n) is 7.30. The number of aliphatic hydroxyl groups is 1. The highest BCUT2D eigenvalue weighted by atomic mass is 35.5. The molecular weight excluding hydrogens is 276 g/mol. The van der Waals surface area contributed by atoms with Gasteiger partial charge in [-0.1, -0.05) is 31.9 Å². The van der Waals surface area contributed by atoms with Crippen molar-refractivity contribution in [2.24, 2.45) is 5.92 Å². The highest BCUT2D eigenvalue weighted by Crippen LogP contribution is 2.38. The largest absolute Gasteiger partial charge is 0.490 e. The number of ether oxygens (including phenoxy) is 2. The van der Waals surface area contributed by atoms with Gasteiger partial charge in [-0.2, -0.15) is 0 Å². The Morgan fingerprint density at radius 1 is 1.10 bits per heavy atom. The molecule has 2 atom stereocenters. The molecule has 0 bridgehead atoms. The van der Waals surface area contributed by atoms with Crippen LogP contribution >= 0.6 is 11.6 Å². The third-order valence-corrected chi connectivity index (χ3v) is 3.67. The molecule has 0 aliphatic rings. The van der Waals surface area contributed by atoms with Crippen LogP contribution < -0.4 is 9.47 Å². The normalized spacial score (nSPS) is 13.9. The van der Waals surface area contributed by atoms with E-state index in [2.05, 4.69) is 13.8 Å². The van der Waals surface area contributed by atoms with Crippen molar-refractivity contribution in [3.8, 4) is 11.5 Å². The minimum Gasteiger partial charge on any atom is -0.490 e. The predicted octanol–water partition coefficient (Wildman–Crippen LogP) is 4.61. The van der Waals surface area contributed by atoms with Crippen LogP contribution in [-0.4, -0.2) is 18.3 Å². The molecule has 0 saturated carbocycles. The number of hydrogen-bond acceptors (Lipinski definition) is 3. The third kappa shape index (κ3) is 4.57. The Balaban J connectivity index is 3.04. The molecule has 0 aromatic heterocycles. The van der Waals surface area contributed by atoms with Crippen molar-refractivity contribution in [2.75, 3.05) is 13.2 Å². The van der Waals surface area contributed by atoms with E-state index < -0.39 is 6.10 Å². The van der Waals surface area contributed by atoms with Gasteiger partial charge in [0.05, 0.1) is 24.3 Å². The molecule has 0 aliphatic carbocycles. The summed E-state index contributed by atoms with van der Waals surface area (Å²) in [5.74, 6) is 1.71. The smallest absolute Gasteiger partial charge is 0.162 e. The molecule has 0 spiro atoms. The molecular formula is C16H25ClO3. The summed E-state index contributed by atoms with van der Waals surface area (Å²) in [7, 11) is 0. The minimum absolute atomic E-state index is 0.447. The Bertz CT molecular complexity index is 420. The van der Waals surface area contributed by atoms with E-state index in [1.165, 1.54) is 0 Å². The molecule has 1 rings (SSSR count). The van der Waals surface area contributed by atoms with Gasteiger partial charge in [0, 0.05) is 11.6 Å². The Kier molecular flexibility index (Phi) is 7.17. The van der Waals surface area contributed by atoms with E-state index in [1.54, 1.807) is 12.1 Å². The van der Waals surface area contributed by atoms with Crippen molar-refractivity contribution >= 4 is 11.6 Å². The van der Waals surface area contributed by atoms with E-state index in [9.17, 15) is 5.11 Å². The predicted molar refractivity (Wildman–Crippen MR) is 82.8 cm³/mol. The van der Waals surface area contributed by atoms with Crippen LogP contribution in [-0.2, 0) is 0 Å². The zero-order valence-corrected chi connectivity index (χ0v) is 13.5. The molecule has 1 aromatic carbocycles. The fourth-order valence-electron chi connectivity index (χ4n) is 2.02. The summed E-state index contributed by atoms with van der Waals surface area (Å²) in [6.07, 6.45) is 1.15. The molecule has 0 fully saturated rings. The molecule has 2 unspecified atom stereocenters. The third-order valence-electron chi connectivity index (χ3n) is 3.34. The summed E-state index contributed by atoms with van der Waals surface area (Å²) in [4.78, 5) is 0. The van der Waals surface area contributed by atoms with Crippen LogP contribution in [0.1, 0.15) is 52.2 Å². The minimum atomic E-state index is -0.577. The summed E-state index contributed by atoms with van der Waals surface area (Å²) in [5.41, 5.74) is 0.707. The number of rotatable bonds is 8. The van der Waals surface area contributed by atoms with Gasteiger partial charge in [0.2, 0.25) is 0 Å². The monoisotopic (exact) mass is 300 g/mol. The number of aliphatic hydroxyl groups excluding tert-OH is 1. The molecule has 1 aromatic rings. The second-order valence-corrected chi connectivity index (χ2v) is 5.36. The molecule has 0 aliphatic heterocycles. The van der Waals surface area contributed by atoms with Gasteiger partial charge >= 0.3 is 0 Å². The van der Waals surface area contributed by atoms with Crippen LogP contribution in [0, 0.1) is 5.92 Å². The van der Waals surface area contributed by atoms with E-state index >= 15 is 0 Å². The summed E-state index contributed by atoms with van der Waals surface area (Å²) in [6, 6.07) is 3.52. The Labute approximate surface area is 126 Å². The molecule has 4 heteroatoms. The lowest BCUT2D eigenvalue weighted by atomic mass is 9.96. The molecule has 114 valence electrons. The number of hydrogen-bond donors (Lipinski definition) is 1. The lowest BCUT2D eigenvalue weighted by molar-refractivity contribution is 0.146. The van der Waals surface area contributed by atoms with Gasteiger partial charge < -0.3 is 14.6 Å². The SMILES string of the molecule is CCOc1cc(Cl)c(C(O)CC(C)CC)cc1OCC. The average Bonchev–Trinajstić information content (AvgIpc) is 2.41. The van der Waals surface area contributed by atoms with E-state index in [1.807, 2.05) is 13.8 Å². The quantitative estimate of drug-likeness (QED) is 0.762. The summed E-state index contributed by atoms with van der Waals surface area (Å²) in [6.45, 7) is 9.15. The van der Waals surface area contributed by atoms with Gasteiger partial charge in [-0.05, 0) is 32.3 Å². The second-order valence-electron chi connectivity index (χ2n) is 4.95. The molecule has 0 heterocycles. The first kappa shape index (κ1) is 17.1. The second kappa shape index (κ2) is 8.38. The molecule has 1 N–H and O–H groups in total. The lowest BCUT2D eigenvalue weighted by Gasteiger charge is -2.19. The average molecular weight is 301 g/mol. The van der Waals surface area contributed by atoms with Gasteiger partial charge in [-0.25, -0.2) is 0 Å². The van der Waals surface area contributed by atoms with Crippen LogP contribution in [0.25, 0.3) is 0 Å². The van der Waals surface area contributed by atoms with E-state index in [0.29, 0.717) is 47.6 Å². The summed E-state index contributed by atoms with van der Waals surface area (Å²) < 4.78 is 11.1. The van der Waals surface area contributed by atoms with Crippen LogP contribution in [0.15, 0.2) is 12.1 Å². The Morgan fingerprint density at radius 3 is 2.15 bits per heavy atom. The summed E-state index contributed by atoms with van der Waals surface area (Å²) >= 11 is 6.26. The Hall–Kier alpha value is -0.930. The molecule has 0 amide bonds. The topological polar surface area (TPSA) is 38.7 Å². The van der Waals surface area contributed by atoms with Crippen LogP contribution in [0.3, 0.4) is 0 Å². The van der Waals surface area contributed by atoms with E-state index in [0.717, 1.165) is 6.42 Å². The fraction of sp³-hybridized carbons (Fsp3) is 0.625. The zero-order chi connectivity index (χ0) is 15.1. The fourth-order valence-corrected chi connectivity index (χ4v) is 2.30. The van der Waals surface area contributed by atoms with Gasteiger partial charge in [0.1, 0.15) is 0 Å². The number of benzene rings is 1. The van der Waals surface area contributed by atoms with Crippen molar-refractivity contribution in [1.82, 2.24) is 0 Å². The summed E-state index contributed by atoms with van der Waals surface area (Å²) in [5, 5.41) is 10.9. The van der Waals surface area contributed by atoms with Crippen LogP contribution in [0.2, 0.25) is 5.02 Å². The molecule has 0 saturated heterocycles. The first-order valence-corrected chi connectivity index (χ1v) is 7.68. The maximum atomic E-state index is 10.3. The van der Waals surface area contributed by atoms with Crippen molar-refractivity contribution < 1.29 is 14.6 Å². The maximum Gasteiger partial charge on any atom is 0.162 e. The van der Waals surface area contributed by atoms with Crippen molar-refractivity contribution in [1.29, 1.82) is 0 Å². The standard InChI is InChI=1S/C16H25ClO3/c1-5-11(4)8-14(18)12-9-15(19-6-2)16(20-7-3)10-13(12)17/h9-11,14,18H,5-8H2,1-4H3. The van der Waals surface area contributed by atoms with E-state index in [4.69, 9.17) is 21.1 Å². The number of halogens is 1. The highest BCUT2D eigenvalue weighted by Gasteiger charge is 2.18. The van der Waals surface area contributed by atoms with Crippen molar-refractivity contribution in [2.45, 2.75) is 46.6 Å². The van der Waals surface area contributed by atoms with Gasteiger partial charge in [0.25, 0.3) is 0 Å². The molecule has 0 radical (unpaired) electrons. The van der Waals surface area contributed by atoms with Crippen LogP contribution in [0.4, 0.5) is 0 Å². The molecule has 3 nitrogen and oxygen atoms in total. The lowest BCUT2D eigenvalue weighted by Crippen LogP contribution is -2.06. The van der Waals surface area contributed by atoms with Crippen LogP contribution in [0.5, 0.6) is 11.5 Å². The Morgan fingerprint density at radius 2 is 1.65 bits per heavy atom. The maximum absolute atomic E-state index is 10.3. The van der Waals surface area contributed by atoms with Gasteiger partial charge in [0.15, 0.2) is 11.5 Å². The first-order chi connectivity index (χ1) is 9.53. The molecule has 20 heavy (non-hydrogen) atoms. The van der Waals surface area contributed by atoms with Crippen molar-refractivity contribution in [3.05, 3.63) is 22.7 Å². The van der Waals surface area contributed by atoms with Gasteiger partial charge in [-0.15, -0.1) is 0 Å². The van der Waals surface area contributed by atoms with Gasteiger partial charge in [-0.3, -0.25) is 0 Å². The van der Waals surface area contributed by atoms with Crippen molar-refractivity contribution in [3.63, 3.8) is 0 Å².